The van der Waals surface area contributed by atoms with Gasteiger partial charge in [0, 0.05) is 25.5 Å². The highest BCUT2D eigenvalue weighted by Crippen LogP contribution is 2.15. The van der Waals surface area contributed by atoms with Gasteiger partial charge in [-0.15, -0.1) is 10.2 Å². The maximum absolute atomic E-state index is 11.7. The van der Waals surface area contributed by atoms with E-state index in [1.54, 1.807) is 10.9 Å². The zero-order valence-electron chi connectivity index (χ0n) is 11.2. The number of nitrogens with zero attached hydrogens (tertiary/aromatic N) is 6. The van der Waals surface area contributed by atoms with Gasteiger partial charge >= 0.3 is 0 Å². The molecule has 3 heterocycles. The van der Waals surface area contributed by atoms with Crippen LogP contribution in [0.5, 0.6) is 0 Å². The highest BCUT2D eigenvalue weighted by molar-refractivity contribution is 7.88. The van der Waals surface area contributed by atoms with E-state index in [2.05, 4.69) is 15.3 Å². The van der Waals surface area contributed by atoms with Gasteiger partial charge < -0.3 is 4.57 Å². The quantitative estimate of drug-likeness (QED) is 0.775. The van der Waals surface area contributed by atoms with Crippen LogP contribution in [0.15, 0.2) is 18.5 Å². The van der Waals surface area contributed by atoms with Gasteiger partial charge in [0.2, 0.25) is 10.0 Å². The van der Waals surface area contributed by atoms with E-state index in [0.717, 1.165) is 18.8 Å². The van der Waals surface area contributed by atoms with Gasteiger partial charge in [0.05, 0.1) is 12.8 Å². The highest BCUT2D eigenvalue weighted by atomic mass is 32.2. The third-order valence-electron chi connectivity index (χ3n) is 3.34. The lowest BCUT2D eigenvalue weighted by Crippen LogP contribution is -2.29. The second-order valence-electron chi connectivity index (χ2n) is 4.84. The second-order valence-corrected chi connectivity index (χ2v) is 6.82. The van der Waals surface area contributed by atoms with E-state index < -0.39 is 10.0 Å². The van der Waals surface area contributed by atoms with Crippen LogP contribution in [0.2, 0.25) is 0 Å². The van der Waals surface area contributed by atoms with Crippen molar-refractivity contribution in [1.29, 1.82) is 0 Å². The standard InChI is InChI=1S/C11H16N6O2S/c1-20(18,19)16-6-3-7-17-10(13-14-11(17)9-16)8-15-5-2-4-12-15/h2,4-5H,3,6-9H2,1H3. The number of hydrogen-bond acceptors (Lipinski definition) is 5. The van der Waals surface area contributed by atoms with Crippen LogP contribution in [-0.2, 0) is 29.7 Å². The Labute approximate surface area is 117 Å². The van der Waals surface area contributed by atoms with Crippen LogP contribution in [-0.4, -0.2) is 50.1 Å². The Morgan fingerprint density at radius 1 is 1.30 bits per heavy atom. The van der Waals surface area contributed by atoms with Crippen LogP contribution in [0, 0.1) is 0 Å². The molecule has 20 heavy (non-hydrogen) atoms. The van der Waals surface area contributed by atoms with Crippen molar-refractivity contribution in [3.05, 3.63) is 30.1 Å². The summed E-state index contributed by atoms with van der Waals surface area (Å²) in [5.74, 6) is 1.49. The van der Waals surface area contributed by atoms with Crippen molar-refractivity contribution < 1.29 is 8.42 Å². The van der Waals surface area contributed by atoms with Crippen LogP contribution in [0.25, 0.3) is 0 Å². The summed E-state index contributed by atoms with van der Waals surface area (Å²) in [6.07, 6.45) is 5.56. The molecule has 0 aliphatic carbocycles. The lowest BCUT2D eigenvalue weighted by Gasteiger charge is -2.15. The number of hydrogen-bond donors (Lipinski definition) is 0. The number of fused-ring (bicyclic) bond motifs is 1. The predicted octanol–water partition coefficient (Wildman–Crippen LogP) is -0.312. The molecule has 0 radical (unpaired) electrons. The lowest BCUT2D eigenvalue weighted by molar-refractivity contribution is 0.409. The first-order valence-electron chi connectivity index (χ1n) is 6.37. The molecule has 0 atom stereocenters. The van der Waals surface area contributed by atoms with E-state index >= 15 is 0 Å². The van der Waals surface area contributed by atoms with Crippen LogP contribution in [0.3, 0.4) is 0 Å². The van der Waals surface area contributed by atoms with Crippen LogP contribution >= 0.6 is 0 Å². The molecular formula is C11H16N6O2S. The van der Waals surface area contributed by atoms with Gasteiger partial charge in [-0.25, -0.2) is 8.42 Å². The molecule has 3 rings (SSSR count). The number of rotatable bonds is 3. The van der Waals surface area contributed by atoms with Gasteiger partial charge in [0.15, 0.2) is 5.82 Å². The van der Waals surface area contributed by atoms with E-state index in [1.807, 2.05) is 16.8 Å². The molecule has 9 heteroatoms. The maximum Gasteiger partial charge on any atom is 0.211 e. The molecule has 1 aliphatic heterocycles. The largest absolute Gasteiger partial charge is 0.312 e. The molecule has 0 bridgehead atoms. The fraction of sp³-hybridized carbons (Fsp3) is 0.545. The molecule has 0 aromatic carbocycles. The Morgan fingerprint density at radius 2 is 2.15 bits per heavy atom. The Hall–Kier alpha value is -1.74. The topological polar surface area (TPSA) is 85.9 Å². The van der Waals surface area contributed by atoms with E-state index in [4.69, 9.17) is 0 Å². The Kier molecular flexibility index (Phi) is 3.30. The van der Waals surface area contributed by atoms with Crippen molar-refractivity contribution in [2.45, 2.75) is 26.1 Å². The average Bonchev–Trinajstić information content (AvgIpc) is 2.94. The van der Waals surface area contributed by atoms with Crippen molar-refractivity contribution in [3.8, 4) is 0 Å². The maximum atomic E-state index is 11.7. The molecule has 2 aromatic rings. The first-order chi connectivity index (χ1) is 9.54. The summed E-state index contributed by atoms with van der Waals surface area (Å²) < 4.78 is 28.5. The Bertz CT molecular complexity index is 691. The summed E-state index contributed by atoms with van der Waals surface area (Å²) in [6.45, 7) is 2.07. The average molecular weight is 296 g/mol. The summed E-state index contributed by atoms with van der Waals surface area (Å²) in [4.78, 5) is 0. The molecule has 0 unspecified atom stereocenters. The van der Waals surface area contributed by atoms with E-state index in [0.29, 0.717) is 18.9 Å². The number of aromatic nitrogens is 5. The fourth-order valence-corrected chi connectivity index (χ4v) is 3.14. The zero-order chi connectivity index (χ0) is 14.2. The molecular weight excluding hydrogens is 280 g/mol. The molecule has 0 saturated heterocycles. The van der Waals surface area contributed by atoms with Gasteiger partial charge in [-0.05, 0) is 12.5 Å². The minimum atomic E-state index is -3.20. The fourth-order valence-electron chi connectivity index (χ4n) is 2.33. The minimum Gasteiger partial charge on any atom is -0.312 e. The van der Waals surface area contributed by atoms with Crippen LogP contribution in [0.4, 0.5) is 0 Å². The molecule has 2 aromatic heterocycles. The lowest BCUT2D eigenvalue weighted by atomic mass is 10.4. The normalized spacial score (nSPS) is 16.9. The molecule has 108 valence electrons. The van der Waals surface area contributed by atoms with Gasteiger partial charge in [-0.2, -0.15) is 9.40 Å². The summed E-state index contributed by atoms with van der Waals surface area (Å²) in [7, 11) is -3.20. The third-order valence-corrected chi connectivity index (χ3v) is 4.59. The molecule has 0 spiro atoms. The molecule has 1 aliphatic rings. The summed E-state index contributed by atoms with van der Waals surface area (Å²) in [5.41, 5.74) is 0. The summed E-state index contributed by atoms with van der Waals surface area (Å²) in [5, 5.41) is 12.4. The molecule has 0 saturated carbocycles. The van der Waals surface area contributed by atoms with Crippen LogP contribution < -0.4 is 0 Å². The SMILES string of the molecule is CS(=O)(=O)N1CCCn2c(nnc2Cn2cccn2)C1. The Balaban J connectivity index is 1.87. The summed E-state index contributed by atoms with van der Waals surface area (Å²) >= 11 is 0. The van der Waals surface area contributed by atoms with Crippen LogP contribution in [0.1, 0.15) is 18.1 Å². The minimum absolute atomic E-state index is 0.283. The van der Waals surface area contributed by atoms with Crippen molar-refractivity contribution >= 4 is 10.0 Å². The first-order valence-corrected chi connectivity index (χ1v) is 8.22. The second kappa shape index (κ2) is 4.98. The molecule has 0 N–H and O–H groups in total. The zero-order valence-corrected chi connectivity index (χ0v) is 12.0. The van der Waals surface area contributed by atoms with E-state index in [-0.39, 0.29) is 6.54 Å². The molecule has 0 amide bonds. The monoisotopic (exact) mass is 296 g/mol. The van der Waals surface area contributed by atoms with Crippen molar-refractivity contribution in [2.75, 3.05) is 12.8 Å². The van der Waals surface area contributed by atoms with Crippen molar-refractivity contribution in [1.82, 2.24) is 28.9 Å². The highest BCUT2D eigenvalue weighted by Gasteiger charge is 2.24. The van der Waals surface area contributed by atoms with E-state index in [1.165, 1.54) is 10.6 Å². The predicted molar refractivity (Wildman–Crippen MR) is 71.2 cm³/mol. The first kappa shape index (κ1) is 13.3. The van der Waals surface area contributed by atoms with Gasteiger partial charge in [-0.1, -0.05) is 0 Å². The van der Waals surface area contributed by atoms with Crippen molar-refractivity contribution in [3.63, 3.8) is 0 Å². The number of sulfonamides is 1. The Morgan fingerprint density at radius 3 is 2.85 bits per heavy atom. The smallest absolute Gasteiger partial charge is 0.211 e. The molecule has 0 fully saturated rings. The molecule has 8 nitrogen and oxygen atoms in total. The van der Waals surface area contributed by atoms with Gasteiger partial charge in [0.1, 0.15) is 12.4 Å². The summed E-state index contributed by atoms with van der Waals surface area (Å²) in [6, 6.07) is 1.85. The third kappa shape index (κ3) is 2.59. The van der Waals surface area contributed by atoms with Crippen molar-refractivity contribution in [2.24, 2.45) is 0 Å². The van der Waals surface area contributed by atoms with Gasteiger partial charge in [-0.3, -0.25) is 4.68 Å². The van der Waals surface area contributed by atoms with E-state index in [9.17, 15) is 8.42 Å². The van der Waals surface area contributed by atoms with Gasteiger partial charge in [0.25, 0.3) is 0 Å².